The molecule has 0 unspecified atom stereocenters. The molecule has 0 radical (unpaired) electrons. The van der Waals surface area contributed by atoms with Crippen LogP contribution < -0.4 is 11.1 Å². The molecule has 0 aromatic heterocycles. The van der Waals surface area contributed by atoms with Crippen LogP contribution in [0, 0.1) is 10.1 Å². The van der Waals surface area contributed by atoms with Crippen molar-refractivity contribution in [1.82, 2.24) is 5.32 Å². The van der Waals surface area contributed by atoms with Crippen LogP contribution >= 0.6 is 0 Å². The average Bonchev–Trinajstić information content (AvgIpc) is 2.39. The van der Waals surface area contributed by atoms with Gasteiger partial charge >= 0.3 is 0 Å². The fourth-order valence-electron chi connectivity index (χ4n) is 2.00. The number of ether oxygens (including phenoxy) is 1. The molecule has 1 saturated heterocycles. The molecular weight excluding hydrogens is 250 g/mol. The first-order valence-electron chi connectivity index (χ1n) is 6.00. The number of benzene rings is 1. The summed E-state index contributed by atoms with van der Waals surface area (Å²) in [4.78, 5) is 22.4. The van der Waals surface area contributed by atoms with Crippen LogP contribution in [0.5, 0.6) is 0 Å². The maximum absolute atomic E-state index is 12.1. The van der Waals surface area contributed by atoms with E-state index in [2.05, 4.69) is 5.32 Å². The first kappa shape index (κ1) is 13.3. The van der Waals surface area contributed by atoms with Gasteiger partial charge in [0.25, 0.3) is 11.6 Å². The second kappa shape index (κ2) is 5.66. The lowest BCUT2D eigenvalue weighted by atomic mass is 10.1. The molecule has 1 fully saturated rings. The summed E-state index contributed by atoms with van der Waals surface area (Å²) < 4.78 is 5.19. The second-order valence-electron chi connectivity index (χ2n) is 4.39. The van der Waals surface area contributed by atoms with Crippen molar-refractivity contribution >= 4 is 17.3 Å². The third-order valence-corrected chi connectivity index (χ3v) is 3.02. The molecule has 0 bridgehead atoms. The third kappa shape index (κ3) is 3.19. The average molecular weight is 265 g/mol. The molecule has 2 rings (SSSR count). The Kier molecular flexibility index (Phi) is 3.96. The largest absolute Gasteiger partial charge is 0.399 e. The van der Waals surface area contributed by atoms with Gasteiger partial charge in [0.1, 0.15) is 5.56 Å². The number of nitro groups is 1. The van der Waals surface area contributed by atoms with Gasteiger partial charge in [-0.25, -0.2) is 0 Å². The first-order valence-corrected chi connectivity index (χ1v) is 6.00. The van der Waals surface area contributed by atoms with Gasteiger partial charge in [-0.2, -0.15) is 0 Å². The fraction of sp³-hybridized carbons (Fsp3) is 0.417. The van der Waals surface area contributed by atoms with E-state index in [1.807, 2.05) is 0 Å². The molecule has 19 heavy (non-hydrogen) atoms. The summed E-state index contributed by atoms with van der Waals surface area (Å²) in [5.74, 6) is -0.467. The highest BCUT2D eigenvalue weighted by Gasteiger charge is 2.23. The van der Waals surface area contributed by atoms with E-state index in [4.69, 9.17) is 10.5 Å². The molecule has 1 amide bonds. The Morgan fingerprint density at radius 2 is 2.11 bits per heavy atom. The van der Waals surface area contributed by atoms with Crippen molar-refractivity contribution in [2.75, 3.05) is 18.9 Å². The highest BCUT2D eigenvalue weighted by atomic mass is 16.6. The fourth-order valence-corrected chi connectivity index (χ4v) is 2.00. The SMILES string of the molecule is Nc1ccc([N+](=O)[O-])c(C(=O)NC2CCOCC2)c1. The molecule has 1 aromatic rings. The lowest BCUT2D eigenvalue weighted by molar-refractivity contribution is -0.385. The van der Waals surface area contributed by atoms with Crippen molar-refractivity contribution in [1.29, 1.82) is 0 Å². The van der Waals surface area contributed by atoms with Gasteiger partial charge in [0.15, 0.2) is 0 Å². The van der Waals surface area contributed by atoms with Gasteiger partial charge in [0.2, 0.25) is 0 Å². The molecule has 0 spiro atoms. The number of nitrogens with zero attached hydrogens (tertiary/aromatic N) is 1. The van der Waals surface area contributed by atoms with Gasteiger partial charge in [0.05, 0.1) is 4.92 Å². The summed E-state index contributed by atoms with van der Waals surface area (Å²) in [7, 11) is 0. The van der Waals surface area contributed by atoms with Gasteiger partial charge in [-0.15, -0.1) is 0 Å². The van der Waals surface area contributed by atoms with Gasteiger partial charge in [-0.1, -0.05) is 0 Å². The highest BCUT2D eigenvalue weighted by Crippen LogP contribution is 2.21. The minimum atomic E-state index is -0.585. The van der Waals surface area contributed by atoms with Crippen LogP contribution in [0.4, 0.5) is 11.4 Å². The van der Waals surface area contributed by atoms with Gasteiger partial charge in [-0.3, -0.25) is 14.9 Å². The predicted octanol–water partition coefficient (Wildman–Crippen LogP) is 1.09. The number of nitrogen functional groups attached to an aromatic ring is 1. The summed E-state index contributed by atoms with van der Waals surface area (Å²) >= 11 is 0. The molecule has 0 atom stereocenters. The third-order valence-electron chi connectivity index (χ3n) is 3.02. The number of amides is 1. The quantitative estimate of drug-likeness (QED) is 0.483. The molecular formula is C12H15N3O4. The molecule has 7 heteroatoms. The molecule has 1 aliphatic rings. The number of rotatable bonds is 3. The minimum absolute atomic E-state index is 0.00325. The molecule has 3 N–H and O–H groups in total. The molecule has 7 nitrogen and oxygen atoms in total. The number of anilines is 1. The van der Waals surface area contributed by atoms with E-state index < -0.39 is 10.8 Å². The first-order chi connectivity index (χ1) is 9.08. The van der Waals surface area contributed by atoms with Crippen LogP contribution in [0.3, 0.4) is 0 Å². The summed E-state index contributed by atoms with van der Waals surface area (Å²) in [6.07, 6.45) is 1.42. The smallest absolute Gasteiger partial charge is 0.282 e. The van der Waals surface area contributed by atoms with Crippen molar-refractivity contribution in [3.63, 3.8) is 0 Å². The molecule has 0 saturated carbocycles. The van der Waals surface area contributed by atoms with Crippen molar-refractivity contribution in [2.24, 2.45) is 0 Å². The van der Waals surface area contributed by atoms with E-state index in [1.165, 1.54) is 18.2 Å². The maximum Gasteiger partial charge on any atom is 0.282 e. The Bertz CT molecular complexity index is 498. The molecule has 102 valence electrons. The van der Waals surface area contributed by atoms with Gasteiger partial charge in [0, 0.05) is 31.0 Å². The maximum atomic E-state index is 12.1. The number of nitro benzene ring substituents is 1. The number of nitrogens with one attached hydrogen (secondary N) is 1. The van der Waals surface area contributed by atoms with Crippen molar-refractivity contribution in [2.45, 2.75) is 18.9 Å². The van der Waals surface area contributed by atoms with E-state index in [1.54, 1.807) is 0 Å². The van der Waals surface area contributed by atoms with Gasteiger partial charge < -0.3 is 15.8 Å². The lowest BCUT2D eigenvalue weighted by Gasteiger charge is -2.23. The Hall–Kier alpha value is -2.15. The molecule has 0 aliphatic carbocycles. The van der Waals surface area contributed by atoms with Crippen molar-refractivity contribution in [3.05, 3.63) is 33.9 Å². The minimum Gasteiger partial charge on any atom is -0.399 e. The van der Waals surface area contributed by atoms with E-state index in [-0.39, 0.29) is 17.3 Å². The van der Waals surface area contributed by atoms with E-state index in [0.29, 0.717) is 31.7 Å². The van der Waals surface area contributed by atoms with Crippen LogP contribution in [-0.4, -0.2) is 30.1 Å². The number of nitrogens with two attached hydrogens (primary N) is 1. The number of hydrogen-bond donors (Lipinski definition) is 2. The van der Waals surface area contributed by atoms with Crippen molar-refractivity contribution < 1.29 is 14.5 Å². The van der Waals surface area contributed by atoms with Crippen LogP contribution in [0.1, 0.15) is 23.2 Å². The molecule has 1 heterocycles. The summed E-state index contributed by atoms with van der Waals surface area (Å²) in [5.41, 5.74) is 5.66. The summed E-state index contributed by atoms with van der Waals surface area (Å²) in [5, 5.41) is 13.7. The zero-order chi connectivity index (χ0) is 13.8. The van der Waals surface area contributed by atoms with E-state index in [0.717, 1.165) is 0 Å². The standard InChI is InChI=1S/C12H15N3O4/c13-8-1-2-11(15(17)18)10(7-8)12(16)14-9-3-5-19-6-4-9/h1-2,7,9H,3-6,13H2,(H,14,16). The van der Waals surface area contributed by atoms with Gasteiger partial charge in [-0.05, 0) is 25.0 Å². The number of carbonyl (C=O) groups excluding carboxylic acids is 1. The Morgan fingerprint density at radius 1 is 1.42 bits per heavy atom. The topological polar surface area (TPSA) is 107 Å². The van der Waals surface area contributed by atoms with Crippen LogP contribution in [0.25, 0.3) is 0 Å². The zero-order valence-corrected chi connectivity index (χ0v) is 10.3. The van der Waals surface area contributed by atoms with E-state index >= 15 is 0 Å². The van der Waals surface area contributed by atoms with Crippen molar-refractivity contribution in [3.8, 4) is 0 Å². The monoisotopic (exact) mass is 265 g/mol. The van der Waals surface area contributed by atoms with E-state index in [9.17, 15) is 14.9 Å². The highest BCUT2D eigenvalue weighted by molar-refractivity contribution is 5.99. The normalized spacial score (nSPS) is 16.0. The Balaban J connectivity index is 2.17. The lowest BCUT2D eigenvalue weighted by Crippen LogP contribution is -2.39. The Morgan fingerprint density at radius 3 is 2.74 bits per heavy atom. The van der Waals surface area contributed by atoms with Crippen LogP contribution in [0.15, 0.2) is 18.2 Å². The molecule has 1 aromatic carbocycles. The zero-order valence-electron chi connectivity index (χ0n) is 10.3. The summed E-state index contributed by atoms with van der Waals surface area (Å²) in [6, 6.07) is 3.96. The number of carbonyl (C=O) groups is 1. The van der Waals surface area contributed by atoms with Crippen LogP contribution in [-0.2, 0) is 4.74 Å². The second-order valence-corrected chi connectivity index (χ2v) is 4.39. The summed E-state index contributed by atoms with van der Waals surface area (Å²) in [6.45, 7) is 1.17. The predicted molar refractivity (Wildman–Crippen MR) is 68.8 cm³/mol. The number of hydrogen-bond acceptors (Lipinski definition) is 5. The Labute approximate surface area is 109 Å². The molecule has 1 aliphatic heterocycles. The van der Waals surface area contributed by atoms with Crippen LogP contribution in [0.2, 0.25) is 0 Å².